The monoisotopic (exact) mass is 408 g/mol. The van der Waals surface area contributed by atoms with Crippen LogP contribution in [0.4, 0.5) is 0 Å². The summed E-state index contributed by atoms with van der Waals surface area (Å²) in [6.45, 7) is 17.3. The first-order valence-corrected chi connectivity index (χ1v) is 12.8. The number of fused-ring (bicyclic) bond motifs is 7. The third-order valence-corrected chi connectivity index (χ3v) is 11.7. The summed E-state index contributed by atoms with van der Waals surface area (Å²) < 4.78 is 0. The number of ketones is 1. The van der Waals surface area contributed by atoms with Crippen molar-refractivity contribution in [2.45, 2.75) is 106 Å². The van der Waals surface area contributed by atoms with Crippen LogP contribution in [0.15, 0.2) is 23.3 Å². The van der Waals surface area contributed by atoms with E-state index in [4.69, 9.17) is 0 Å². The fourth-order valence-corrected chi connectivity index (χ4v) is 9.67. The predicted octanol–water partition coefficient (Wildman–Crippen LogP) is 7.91. The summed E-state index contributed by atoms with van der Waals surface area (Å²) in [6, 6.07) is 0. The molecule has 0 aliphatic heterocycles. The van der Waals surface area contributed by atoms with Crippen molar-refractivity contribution in [1.29, 1.82) is 0 Å². The molecule has 0 aromatic heterocycles. The van der Waals surface area contributed by atoms with E-state index in [0.717, 1.165) is 24.7 Å². The van der Waals surface area contributed by atoms with E-state index in [2.05, 4.69) is 60.6 Å². The number of allylic oxidation sites excluding steroid dienone is 4. The van der Waals surface area contributed by atoms with Crippen LogP contribution in [0.5, 0.6) is 0 Å². The maximum atomic E-state index is 12.8. The van der Waals surface area contributed by atoms with Crippen LogP contribution in [0.3, 0.4) is 0 Å². The van der Waals surface area contributed by atoms with Crippen molar-refractivity contribution in [3.05, 3.63) is 23.3 Å². The van der Waals surface area contributed by atoms with E-state index in [9.17, 15) is 4.79 Å². The van der Waals surface area contributed by atoms with Crippen LogP contribution in [0.1, 0.15) is 106 Å². The van der Waals surface area contributed by atoms with Crippen LogP contribution in [0.25, 0.3) is 0 Å². The van der Waals surface area contributed by atoms with Crippen molar-refractivity contribution in [1.82, 2.24) is 0 Å². The number of hydrogen-bond donors (Lipinski definition) is 0. The Balaban J connectivity index is 1.57. The first-order chi connectivity index (χ1) is 13.9. The highest BCUT2D eigenvalue weighted by atomic mass is 16.1. The Morgan fingerprint density at radius 1 is 0.800 bits per heavy atom. The smallest absolute Gasteiger partial charge is 0.138 e. The highest BCUT2D eigenvalue weighted by Crippen LogP contribution is 2.74. The van der Waals surface area contributed by atoms with Crippen molar-refractivity contribution in [3.63, 3.8) is 0 Å². The zero-order chi connectivity index (χ0) is 21.7. The lowest BCUT2D eigenvalue weighted by molar-refractivity contribution is -0.201. The van der Waals surface area contributed by atoms with Crippen LogP contribution in [0, 0.1) is 44.8 Å². The Hall–Kier alpha value is -0.850. The first kappa shape index (κ1) is 21.0. The van der Waals surface area contributed by atoms with Crippen LogP contribution in [-0.2, 0) is 4.79 Å². The third kappa shape index (κ3) is 2.50. The molecule has 5 rings (SSSR count). The Kier molecular flexibility index (Phi) is 4.30. The zero-order valence-corrected chi connectivity index (χ0v) is 20.7. The second kappa shape index (κ2) is 6.14. The molecule has 1 nitrogen and oxygen atoms in total. The lowest BCUT2D eigenvalue weighted by Gasteiger charge is -2.70. The number of hydrogen-bond acceptors (Lipinski definition) is 1. The fourth-order valence-electron chi connectivity index (χ4n) is 9.67. The molecule has 166 valence electrons. The lowest BCUT2D eigenvalue weighted by atomic mass is 9.34. The predicted molar refractivity (Wildman–Crippen MR) is 125 cm³/mol. The van der Waals surface area contributed by atoms with Gasteiger partial charge in [0, 0.05) is 11.8 Å². The average molecular weight is 409 g/mol. The SMILES string of the molecule is CC1(C)C=C2C(=CC[C@]3(C)[C@@H]2CC[C@@H]2[C@@]4(C)CCC(=O)C(C)(C)C4CC[C@]23C)CC1. The number of Topliss-reactive ketones (excluding diaryl/α,β-unsaturated/α-hetero) is 1. The second-order valence-corrected chi connectivity index (χ2v) is 13.8. The van der Waals surface area contributed by atoms with Gasteiger partial charge in [-0.3, -0.25) is 4.79 Å². The van der Waals surface area contributed by atoms with Crippen molar-refractivity contribution in [2.75, 3.05) is 0 Å². The molecular formula is C29H44O. The van der Waals surface area contributed by atoms with E-state index in [1.807, 2.05) is 0 Å². The number of carbonyl (C=O) groups excluding carboxylic acids is 1. The van der Waals surface area contributed by atoms with Crippen LogP contribution < -0.4 is 0 Å². The van der Waals surface area contributed by atoms with E-state index < -0.39 is 0 Å². The normalized spacial score (nSPS) is 49.0. The average Bonchev–Trinajstić information content (AvgIpc) is 2.65. The van der Waals surface area contributed by atoms with Gasteiger partial charge in [-0.25, -0.2) is 0 Å². The summed E-state index contributed by atoms with van der Waals surface area (Å²) in [5.41, 5.74) is 4.68. The molecule has 0 aromatic rings. The van der Waals surface area contributed by atoms with Gasteiger partial charge in [0.2, 0.25) is 0 Å². The summed E-state index contributed by atoms with van der Waals surface area (Å²) in [4.78, 5) is 12.8. The van der Waals surface area contributed by atoms with Gasteiger partial charge in [0.15, 0.2) is 0 Å². The molecule has 0 bridgehead atoms. The van der Waals surface area contributed by atoms with Gasteiger partial charge in [0.25, 0.3) is 0 Å². The lowest BCUT2D eigenvalue weighted by Crippen LogP contribution is -2.64. The standard InChI is InChI=1S/C29H44O/c1-25(2)14-10-19-11-16-28(6)21(20(19)18-25)8-9-23-27(5)15-13-24(30)26(3,4)22(27)12-17-29(23,28)7/h11,18,21-23H,8-10,12-17H2,1-7H3/t21-,22?,23-,27+,28-,29-/m1/s1. The van der Waals surface area contributed by atoms with Crippen molar-refractivity contribution in [3.8, 4) is 0 Å². The second-order valence-electron chi connectivity index (χ2n) is 13.8. The molecular weight excluding hydrogens is 364 g/mol. The summed E-state index contributed by atoms with van der Waals surface area (Å²) in [7, 11) is 0. The van der Waals surface area contributed by atoms with Gasteiger partial charge >= 0.3 is 0 Å². The summed E-state index contributed by atoms with van der Waals surface area (Å²) in [5, 5.41) is 0. The molecule has 1 unspecified atom stereocenters. The fraction of sp³-hybridized carbons (Fsp3) is 0.828. The largest absolute Gasteiger partial charge is 0.299 e. The molecule has 3 saturated carbocycles. The number of carbonyl (C=O) groups is 1. The maximum absolute atomic E-state index is 12.8. The van der Waals surface area contributed by atoms with Gasteiger partial charge < -0.3 is 0 Å². The molecule has 30 heavy (non-hydrogen) atoms. The van der Waals surface area contributed by atoms with E-state index in [0.29, 0.717) is 33.4 Å². The van der Waals surface area contributed by atoms with Crippen LogP contribution in [-0.4, -0.2) is 5.78 Å². The molecule has 1 heteroatoms. The Labute approximate surface area is 185 Å². The van der Waals surface area contributed by atoms with Crippen LogP contribution >= 0.6 is 0 Å². The van der Waals surface area contributed by atoms with Crippen LogP contribution in [0.2, 0.25) is 0 Å². The zero-order valence-electron chi connectivity index (χ0n) is 20.7. The van der Waals surface area contributed by atoms with Crippen molar-refractivity contribution < 1.29 is 4.79 Å². The molecule has 0 N–H and O–H groups in total. The van der Waals surface area contributed by atoms with Gasteiger partial charge in [-0.05, 0) is 102 Å². The van der Waals surface area contributed by atoms with E-state index in [1.165, 1.54) is 44.9 Å². The first-order valence-electron chi connectivity index (χ1n) is 12.8. The van der Waals surface area contributed by atoms with Gasteiger partial charge in [0.05, 0.1) is 0 Å². The molecule has 5 aliphatic rings. The third-order valence-electron chi connectivity index (χ3n) is 11.7. The molecule has 0 saturated heterocycles. The highest BCUT2D eigenvalue weighted by Gasteiger charge is 2.67. The minimum Gasteiger partial charge on any atom is -0.299 e. The maximum Gasteiger partial charge on any atom is 0.138 e. The Morgan fingerprint density at radius 2 is 1.53 bits per heavy atom. The van der Waals surface area contributed by atoms with Crippen molar-refractivity contribution in [2.24, 2.45) is 44.8 Å². The van der Waals surface area contributed by atoms with E-state index in [-0.39, 0.29) is 5.41 Å². The van der Waals surface area contributed by atoms with E-state index in [1.54, 1.807) is 11.1 Å². The molecule has 3 fully saturated rings. The minimum atomic E-state index is -0.137. The summed E-state index contributed by atoms with van der Waals surface area (Å²) in [6.07, 6.45) is 16.3. The highest BCUT2D eigenvalue weighted by molar-refractivity contribution is 5.85. The summed E-state index contributed by atoms with van der Waals surface area (Å²) in [5.74, 6) is 2.57. The van der Waals surface area contributed by atoms with Crippen molar-refractivity contribution >= 4 is 5.78 Å². The summed E-state index contributed by atoms with van der Waals surface area (Å²) >= 11 is 0. The molecule has 0 radical (unpaired) electrons. The van der Waals surface area contributed by atoms with Gasteiger partial charge in [-0.15, -0.1) is 0 Å². The molecule has 0 amide bonds. The van der Waals surface area contributed by atoms with Gasteiger partial charge in [-0.1, -0.05) is 60.6 Å². The molecule has 0 aromatic carbocycles. The minimum absolute atomic E-state index is 0.137. The van der Waals surface area contributed by atoms with Gasteiger partial charge in [0.1, 0.15) is 5.78 Å². The van der Waals surface area contributed by atoms with E-state index >= 15 is 0 Å². The molecule has 0 heterocycles. The molecule has 0 spiro atoms. The molecule has 6 atom stereocenters. The number of rotatable bonds is 0. The topological polar surface area (TPSA) is 17.1 Å². The Bertz CT molecular complexity index is 840. The van der Waals surface area contributed by atoms with Gasteiger partial charge in [-0.2, -0.15) is 0 Å². The molecule has 5 aliphatic carbocycles. The Morgan fingerprint density at radius 3 is 2.27 bits per heavy atom. The quantitative estimate of drug-likeness (QED) is 0.398.